The minimum absolute atomic E-state index is 0.315. The predicted molar refractivity (Wildman–Crippen MR) is 75.1 cm³/mol. The zero-order chi connectivity index (χ0) is 13.1. The molecule has 0 spiro atoms. The summed E-state index contributed by atoms with van der Waals surface area (Å²) < 4.78 is 12.8. The van der Waals surface area contributed by atoms with Gasteiger partial charge in [0, 0.05) is 5.56 Å². The predicted octanol–water partition coefficient (Wildman–Crippen LogP) is 4.55. The zero-order valence-corrected chi connectivity index (χ0v) is 10.3. The van der Waals surface area contributed by atoms with Gasteiger partial charge >= 0.3 is 0 Å². The van der Waals surface area contributed by atoms with E-state index < -0.39 is 0 Å². The molecule has 19 heavy (non-hydrogen) atoms. The van der Waals surface area contributed by atoms with Crippen LogP contribution in [0.15, 0.2) is 72.9 Å². The van der Waals surface area contributed by atoms with Gasteiger partial charge in [-0.05, 0) is 23.3 Å². The zero-order valence-electron chi connectivity index (χ0n) is 10.3. The summed E-state index contributed by atoms with van der Waals surface area (Å²) in [4.78, 5) is 4.08. The smallest absolute Gasteiger partial charge is 0.141 e. The summed E-state index contributed by atoms with van der Waals surface area (Å²) in [5.74, 6) is -0.315. The first-order chi connectivity index (χ1) is 9.33. The van der Waals surface area contributed by atoms with Gasteiger partial charge in [0.25, 0.3) is 0 Å². The molecule has 0 saturated carbocycles. The summed E-state index contributed by atoms with van der Waals surface area (Å²) in [5, 5.41) is 0. The number of aromatic nitrogens is 1. The highest BCUT2D eigenvalue weighted by Gasteiger charge is 2.01. The van der Waals surface area contributed by atoms with E-state index in [0.29, 0.717) is 0 Å². The van der Waals surface area contributed by atoms with E-state index in [1.807, 2.05) is 30.3 Å². The van der Waals surface area contributed by atoms with Crippen LogP contribution in [0, 0.1) is 5.82 Å². The van der Waals surface area contributed by atoms with E-state index in [0.717, 1.165) is 16.8 Å². The summed E-state index contributed by atoms with van der Waals surface area (Å²) >= 11 is 0. The molecule has 0 amide bonds. The molecule has 0 unspecified atom stereocenters. The molecule has 0 bridgehead atoms. The first-order valence-electron chi connectivity index (χ1n) is 6.10. The second-order valence-corrected chi connectivity index (χ2v) is 4.31. The molecule has 0 N–H and O–H groups in total. The summed E-state index contributed by atoms with van der Waals surface area (Å²) in [7, 11) is 0. The van der Waals surface area contributed by atoms with Crippen LogP contribution >= 0.6 is 0 Å². The third kappa shape index (κ3) is 2.52. The molecule has 3 rings (SSSR count). The van der Waals surface area contributed by atoms with Gasteiger partial charge in [0.05, 0.1) is 11.9 Å². The van der Waals surface area contributed by atoms with Gasteiger partial charge in [0.2, 0.25) is 0 Å². The van der Waals surface area contributed by atoms with Crippen molar-refractivity contribution in [1.82, 2.24) is 4.98 Å². The Kier molecular flexibility index (Phi) is 3.07. The van der Waals surface area contributed by atoms with E-state index in [9.17, 15) is 4.39 Å². The maximum absolute atomic E-state index is 12.8. The summed E-state index contributed by atoms with van der Waals surface area (Å²) in [6.45, 7) is 0. The van der Waals surface area contributed by atoms with Crippen molar-refractivity contribution < 1.29 is 4.39 Å². The fourth-order valence-corrected chi connectivity index (χ4v) is 2.01. The highest BCUT2D eigenvalue weighted by Crippen LogP contribution is 2.23. The SMILES string of the molecule is Fc1ccc(-c2ccc(-c3ccccc3)cc2)nc1. The quantitative estimate of drug-likeness (QED) is 0.649. The van der Waals surface area contributed by atoms with Crippen molar-refractivity contribution in [3.8, 4) is 22.4 Å². The lowest BCUT2D eigenvalue weighted by molar-refractivity contribution is 0.622. The van der Waals surface area contributed by atoms with Crippen LogP contribution in [-0.2, 0) is 0 Å². The molecule has 92 valence electrons. The van der Waals surface area contributed by atoms with Crippen LogP contribution in [-0.4, -0.2) is 4.98 Å². The Labute approximate surface area is 111 Å². The van der Waals surface area contributed by atoms with E-state index in [4.69, 9.17) is 0 Å². The van der Waals surface area contributed by atoms with Gasteiger partial charge in [0.15, 0.2) is 0 Å². The summed E-state index contributed by atoms with van der Waals surface area (Å²) in [6, 6.07) is 21.4. The molecule has 0 atom stereocenters. The number of hydrogen-bond acceptors (Lipinski definition) is 1. The largest absolute Gasteiger partial charge is 0.253 e. The lowest BCUT2D eigenvalue weighted by Gasteiger charge is -2.04. The van der Waals surface area contributed by atoms with E-state index in [2.05, 4.69) is 29.2 Å². The van der Waals surface area contributed by atoms with E-state index in [1.54, 1.807) is 6.07 Å². The van der Waals surface area contributed by atoms with Crippen LogP contribution < -0.4 is 0 Å². The molecule has 3 aromatic rings. The average Bonchev–Trinajstić information content (AvgIpc) is 2.49. The maximum Gasteiger partial charge on any atom is 0.141 e. The van der Waals surface area contributed by atoms with Gasteiger partial charge < -0.3 is 0 Å². The molecule has 0 aliphatic carbocycles. The van der Waals surface area contributed by atoms with E-state index >= 15 is 0 Å². The van der Waals surface area contributed by atoms with Crippen LogP contribution in [0.2, 0.25) is 0 Å². The minimum atomic E-state index is -0.315. The topological polar surface area (TPSA) is 12.9 Å². The maximum atomic E-state index is 12.8. The van der Waals surface area contributed by atoms with Crippen molar-refractivity contribution in [2.24, 2.45) is 0 Å². The molecule has 1 nitrogen and oxygen atoms in total. The van der Waals surface area contributed by atoms with Crippen molar-refractivity contribution in [2.75, 3.05) is 0 Å². The lowest BCUT2D eigenvalue weighted by atomic mass is 10.0. The van der Waals surface area contributed by atoms with Gasteiger partial charge in [-0.1, -0.05) is 54.6 Å². The number of hydrogen-bond donors (Lipinski definition) is 0. The van der Waals surface area contributed by atoms with Gasteiger partial charge in [-0.15, -0.1) is 0 Å². The second kappa shape index (κ2) is 5.02. The molecule has 1 aromatic heterocycles. The first-order valence-corrected chi connectivity index (χ1v) is 6.10. The Hall–Kier alpha value is -2.48. The second-order valence-electron chi connectivity index (χ2n) is 4.31. The minimum Gasteiger partial charge on any atom is -0.253 e. The lowest BCUT2D eigenvalue weighted by Crippen LogP contribution is -1.85. The molecule has 2 aromatic carbocycles. The number of halogens is 1. The van der Waals surface area contributed by atoms with Crippen molar-refractivity contribution in [3.63, 3.8) is 0 Å². The van der Waals surface area contributed by atoms with Crippen LogP contribution in [0.5, 0.6) is 0 Å². The average molecular weight is 249 g/mol. The fourth-order valence-electron chi connectivity index (χ4n) is 2.01. The number of nitrogens with zero attached hydrogens (tertiary/aromatic N) is 1. The molecule has 0 radical (unpaired) electrons. The van der Waals surface area contributed by atoms with E-state index in [-0.39, 0.29) is 5.82 Å². The summed E-state index contributed by atoms with van der Waals surface area (Å²) in [6.07, 6.45) is 1.24. The summed E-state index contributed by atoms with van der Waals surface area (Å²) in [5.41, 5.74) is 4.10. The highest BCUT2D eigenvalue weighted by molar-refractivity contribution is 5.68. The highest BCUT2D eigenvalue weighted by atomic mass is 19.1. The first kappa shape index (κ1) is 11.6. The molecule has 0 saturated heterocycles. The molecular formula is C17H12FN. The Bertz CT molecular complexity index is 658. The number of benzene rings is 2. The van der Waals surface area contributed by atoms with Crippen LogP contribution in [0.1, 0.15) is 0 Å². The van der Waals surface area contributed by atoms with Crippen LogP contribution in [0.25, 0.3) is 22.4 Å². The Morgan fingerprint density at radius 2 is 1.26 bits per heavy atom. The molecule has 0 fully saturated rings. The van der Waals surface area contributed by atoms with Gasteiger partial charge in [0.1, 0.15) is 5.82 Å². The van der Waals surface area contributed by atoms with Crippen molar-refractivity contribution >= 4 is 0 Å². The van der Waals surface area contributed by atoms with Crippen molar-refractivity contribution in [1.29, 1.82) is 0 Å². The molecule has 2 heteroatoms. The van der Waals surface area contributed by atoms with Crippen LogP contribution in [0.4, 0.5) is 4.39 Å². The standard InChI is InChI=1S/C17H12FN/c18-16-10-11-17(19-12-16)15-8-6-14(7-9-15)13-4-2-1-3-5-13/h1-12H. The van der Waals surface area contributed by atoms with Gasteiger partial charge in [-0.3, -0.25) is 4.98 Å². The normalized spacial score (nSPS) is 10.4. The van der Waals surface area contributed by atoms with Crippen LogP contribution in [0.3, 0.4) is 0 Å². The molecule has 0 aliphatic heterocycles. The Morgan fingerprint density at radius 1 is 0.632 bits per heavy atom. The third-order valence-corrected chi connectivity index (χ3v) is 3.02. The Morgan fingerprint density at radius 3 is 1.89 bits per heavy atom. The Balaban J connectivity index is 1.93. The van der Waals surface area contributed by atoms with E-state index in [1.165, 1.54) is 17.8 Å². The van der Waals surface area contributed by atoms with Gasteiger partial charge in [-0.2, -0.15) is 0 Å². The van der Waals surface area contributed by atoms with Gasteiger partial charge in [-0.25, -0.2) is 4.39 Å². The van der Waals surface area contributed by atoms with Crippen molar-refractivity contribution in [2.45, 2.75) is 0 Å². The molecular weight excluding hydrogens is 237 g/mol. The third-order valence-electron chi connectivity index (χ3n) is 3.02. The van der Waals surface area contributed by atoms with Crippen molar-refractivity contribution in [3.05, 3.63) is 78.7 Å². The fraction of sp³-hybridized carbons (Fsp3) is 0. The molecule has 0 aliphatic rings. The monoisotopic (exact) mass is 249 g/mol. The number of rotatable bonds is 2. The molecule has 1 heterocycles. The number of pyridine rings is 1.